The summed E-state index contributed by atoms with van der Waals surface area (Å²) in [6.45, 7) is 2.71. The van der Waals surface area contributed by atoms with Gasteiger partial charge in [0.15, 0.2) is 0 Å². The maximum atomic E-state index is 11.5. The van der Waals surface area contributed by atoms with Crippen molar-refractivity contribution in [3.05, 3.63) is 12.2 Å². The molecule has 1 aliphatic rings. The van der Waals surface area contributed by atoms with Crippen LogP contribution < -0.4 is 0 Å². The molecule has 1 rings (SSSR count). The second kappa shape index (κ2) is 10.2. The van der Waals surface area contributed by atoms with Gasteiger partial charge < -0.3 is 4.74 Å². The summed E-state index contributed by atoms with van der Waals surface area (Å²) >= 11 is 0. The SMILES string of the molecule is CC1C/C=C/CCCCCCCCCC(=O)OC1. The molecule has 104 valence electrons. The van der Waals surface area contributed by atoms with Crippen LogP contribution >= 0.6 is 0 Å². The standard InChI is InChI=1S/C16H28O2/c1-15-12-10-8-6-4-2-3-5-7-9-11-13-16(17)18-14-15/h8,10,15H,2-7,9,11-14H2,1H3/b10-8+. The van der Waals surface area contributed by atoms with E-state index >= 15 is 0 Å². The van der Waals surface area contributed by atoms with Gasteiger partial charge in [-0.3, -0.25) is 4.79 Å². The first-order valence-corrected chi connectivity index (χ1v) is 7.59. The molecule has 0 aromatic carbocycles. The molecule has 0 fully saturated rings. The lowest BCUT2D eigenvalue weighted by atomic mass is 10.1. The summed E-state index contributed by atoms with van der Waals surface area (Å²) in [6.07, 6.45) is 16.1. The molecule has 2 heteroatoms. The summed E-state index contributed by atoms with van der Waals surface area (Å²) in [5, 5.41) is 0. The van der Waals surface area contributed by atoms with E-state index in [4.69, 9.17) is 4.74 Å². The van der Waals surface area contributed by atoms with E-state index in [0.717, 1.165) is 12.8 Å². The lowest BCUT2D eigenvalue weighted by molar-refractivity contribution is -0.145. The van der Waals surface area contributed by atoms with Crippen LogP contribution in [0, 0.1) is 5.92 Å². The van der Waals surface area contributed by atoms with E-state index in [2.05, 4.69) is 19.1 Å². The molecule has 0 aliphatic carbocycles. The summed E-state index contributed by atoms with van der Waals surface area (Å²) in [7, 11) is 0. The number of hydrogen-bond acceptors (Lipinski definition) is 2. The van der Waals surface area contributed by atoms with Gasteiger partial charge >= 0.3 is 5.97 Å². The molecule has 0 saturated carbocycles. The number of ether oxygens (including phenoxy) is 1. The number of allylic oxidation sites excluding steroid dienone is 2. The molecule has 0 saturated heterocycles. The number of hydrogen-bond donors (Lipinski definition) is 0. The Morgan fingerprint density at radius 1 is 1.00 bits per heavy atom. The Morgan fingerprint density at radius 3 is 2.44 bits per heavy atom. The summed E-state index contributed by atoms with van der Waals surface area (Å²) in [4.78, 5) is 11.5. The Bertz CT molecular complexity index is 245. The molecule has 1 aliphatic heterocycles. The molecule has 1 atom stereocenters. The van der Waals surface area contributed by atoms with Crippen molar-refractivity contribution >= 4 is 5.97 Å². The van der Waals surface area contributed by atoms with Gasteiger partial charge in [-0.1, -0.05) is 51.2 Å². The first kappa shape index (κ1) is 15.3. The van der Waals surface area contributed by atoms with Crippen molar-refractivity contribution in [3.63, 3.8) is 0 Å². The average molecular weight is 252 g/mol. The van der Waals surface area contributed by atoms with Crippen molar-refractivity contribution in [3.8, 4) is 0 Å². The van der Waals surface area contributed by atoms with Crippen LogP contribution in [-0.4, -0.2) is 12.6 Å². The molecule has 0 aromatic rings. The van der Waals surface area contributed by atoms with Crippen molar-refractivity contribution in [1.82, 2.24) is 0 Å². The quantitative estimate of drug-likeness (QED) is 0.464. The number of rotatable bonds is 0. The van der Waals surface area contributed by atoms with Gasteiger partial charge in [-0.05, 0) is 31.6 Å². The Morgan fingerprint density at radius 2 is 1.67 bits per heavy atom. The minimum Gasteiger partial charge on any atom is -0.465 e. The van der Waals surface area contributed by atoms with Gasteiger partial charge in [-0.15, -0.1) is 0 Å². The second-order valence-electron chi connectivity index (χ2n) is 5.51. The van der Waals surface area contributed by atoms with E-state index < -0.39 is 0 Å². The fourth-order valence-electron chi connectivity index (χ4n) is 2.24. The van der Waals surface area contributed by atoms with E-state index in [1.807, 2.05) is 0 Å². The minimum atomic E-state index is -0.0158. The number of carbonyl (C=O) groups excluding carboxylic acids is 1. The summed E-state index contributed by atoms with van der Waals surface area (Å²) < 4.78 is 5.28. The molecule has 0 amide bonds. The molecule has 1 unspecified atom stereocenters. The zero-order valence-electron chi connectivity index (χ0n) is 11.8. The monoisotopic (exact) mass is 252 g/mol. The van der Waals surface area contributed by atoms with Crippen LogP contribution in [0.25, 0.3) is 0 Å². The summed E-state index contributed by atoms with van der Waals surface area (Å²) in [5.41, 5.74) is 0. The molecule has 1 heterocycles. The molecule has 0 radical (unpaired) electrons. The Kier molecular flexibility index (Phi) is 8.62. The fraction of sp³-hybridized carbons (Fsp3) is 0.812. The third kappa shape index (κ3) is 8.32. The fourth-order valence-corrected chi connectivity index (χ4v) is 2.24. The number of cyclic esters (lactones) is 1. The van der Waals surface area contributed by atoms with E-state index in [9.17, 15) is 4.79 Å². The lowest BCUT2D eigenvalue weighted by Gasteiger charge is -2.10. The highest BCUT2D eigenvalue weighted by Gasteiger charge is 2.06. The molecule has 0 N–H and O–H groups in total. The molecular weight excluding hydrogens is 224 g/mol. The number of esters is 1. The topological polar surface area (TPSA) is 26.3 Å². The van der Waals surface area contributed by atoms with Gasteiger partial charge in [-0.25, -0.2) is 0 Å². The van der Waals surface area contributed by atoms with Gasteiger partial charge in [0, 0.05) is 6.42 Å². The van der Waals surface area contributed by atoms with Crippen LogP contribution in [0.2, 0.25) is 0 Å². The molecule has 0 spiro atoms. The van der Waals surface area contributed by atoms with Crippen LogP contribution in [0.4, 0.5) is 0 Å². The van der Waals surface area contributed by atoms with Crippen LogP contribution in [0.3, 0.4) is 0 Å². The maximum absolute atomic E-state index is 11.5. The third-order valence-corrected chi connectivity index (χ3v) is 3.49. The normalized spacial score (nSPS) is 27.4. The Labute approximate surface area is 112 Å². The van der Waals surface area contributed by atoms with Gasteiger partial charge in [0.2, 0.25) is 0 Å². The van der Waals surface area contributed by atoms with Gasteiger partial charge in [-0.2, -0.15) is 0 Å². The van der Waals surface area contributed by atoms with Crippen molar-refractivity contribution in [2.24, 2.45) is 5.92 Å². The van der Waals surface area contributed by atoms with Crippen LogP contribution in [0.5, 0.6) is 0 Å². The van der Waals surface area contributed by atoms with Crippen molar-refractivity contribution in [2.45, 2.75) is 71.1 Å². The van der Waals surface area contributed by atoms with E-state index in [1.165, 1.54) is 44.9 Å². The molecule has 0 aromatic heterocycles. The first-order valence-electron chi connectivity index (χ1n) is 7.59. The highest BCUT2D eigenvalue weighted by molar-refractivity contribution is 5.69. The summed E-state index contributed by atoms with van der Waals surface area (Å²) in [6, 6.07) is 0. The van der Waals surface area contributed by atoms with E-state index in [0.29, 0.717) is 18.9 Å². The van der Waals surface area contributed by atoms with Crippen molar-refractivity contribution in [1.29, 1.82) is 0 Å². The highest BCUT2D eigenvalue weighted by atomic mass is 16.5. The predicted molar refractivity (Wildman–Crippen MR) is 75.4 cm³/mol. The largest absolute Gasteiger partial charge is 0.465 e. The van der Waals surface area contributed by atoms with Crippen molar-refractivity contribution in [2.75, 3.05) is 6.61 Å². The lowest BCUT2D eigenvalue weighted by Crippen LogP contribution is -2.11. The molecular formula is C16H28O2. The summed E-state index contributed by atoms with van der Waals surface area (Å²) in [5.74, 6) is 0.427. The maximum Gasteiger partial charge on any atom is 0.305 e. The van der Waals surface area contributed by atoms with Crippen LogP contribution in [-0.2, 0) is 9.53 Å². The van der Waals surface area contributed by atoms with Crippen molar-refractivity contribution < 1.29 is 9.53 Å². The van der Waals surface area contributed by atoms with E-state index in [-0.39, 0.29) is 5.97 Å². The third-order valence-electron chi connectivity index (χ3n) is 3.49. The van der Waals surface area contributed by atoms with Crippen LogP contribution in [0.15, 0.2) is 12.2 Å². The zero-order chi connectivity index (χ0) is 13.1. The Hall–Kier alpha value is -0.790. The van der Waals surface area contributed by atoms with E-state index in [1.54, 1.807) is 0 Å². The smallest absolute Gasteiger partial charge is 0.305 e. The molecule has 0 bridgehead atoms. The molecule has 2 nitrogen and oxygen atoms in total. The zero-order valence-corrected chi connectivity index (χ0v) is 11.8. The Balaban J connectivity index is 2.29. The molecule has 18 heavy (non-hydrogen) atoms. The average Bonchev–Trinajstić information content (AvgIpc) is 2.36. The first-order chi connectivity index (χ1) is 8.79. The van der Waals surface area contributed by atoms with Crippen LogP contribution in [0.1, 0.15) is 71.1 Å². The van der Waals surface area contributed by atoms with Gasteiger partial charge in [0.25, 0.3) is 0 Å². The predicted octanol–water partition coefficient (Wildman–Crippen LogP) is 4.64. The second-order valence-corrected chi connectivity index (χ2v) is 5.51. The van der Waals surface area contributed by atoms with Gasteiger partial charge in [0.05, 0.1) is 6.61 Å². The van der Waals surface area contributed by atoms with Gasteiger partial charge in [0.1, 0.15) is 0 Å². The number of carbonyl (C=O) groups is 1. The minimum absolute atomic E-state index is 0.0158. The highest BCUT2D eigenvalue weighted by Crippen LogP contribution is 2.12.